The molecule has 0 aliphatic carbocycles. The van der Waals surface area contributed by atoms with Gasteiger partial charge in [-0.3, -0.25) is 14.5 Å². The van der Waals surface area contributed by atoms with Gasteiger partial charge >= 0.3 is 6.03 Å². The molecule has 5 heteroatoms. The molecule has 1 aliphatic rings. The number of nitrogens with one attached hydrogen (secondary N) is 1. The van der Waals surface area contributed by atoms with Crippen molar-refractivity contribution in [1.29, 1.82) is 0 Å². The van der Waals surface area contributed by atoms with Crippen molar-refractivity contribution in [3.8, 4) is 0 Å². The van der Waals surface area contributed by atoms with E-state index in [1.54, 1.807) is 19.1 Å². The molecule has 0 spiro atoms. The molecule has 27 heavy (non-hydrogen) atoms. The quantitative estimate of drug-likeness (QED) is 0.630. The van der Waals surface area contributed by atoms with Crippen LogP contribution >= 0.6 is 0 Å². The van der Waals surface area contributed by atoms with Crippen molar-refractivity contribution in [1.82, 2.24) is 10.2 Å². The number of carbonyl (C=O) groups is 3. The van der Waals surface area contributed by atoms with Crippen molar-refractivity contribution in [2.45, 2.75) is 39.2 Å². The first kappa shape index (κ1) is 18.8. The lowest BCUT2D eigenvalue weighted by molar-refractivity contribution is -0.130. The Morgan fingerprint density at radius 1 is 1.04 bits per heavy atom. The van der Waals surface area contributed by atoms with Crippen LogP contribution in [-0.4, -0.2) is 29.2 Å². The zero-order chi connectivity index (χ0) is 19.6. The highest BCUT2D eigenvalue weighted by atomic mass is 16.2. The van der Waals surface area contributed by atoms with Gasteiger partial charge in [-0.25, -0.2) is 4.79 Å². The van der Waals surface area contributed by atoms with Crippen molar-refractivity contribution >= 4 is 17.7 Å². The number of nitrogens with zero attached hydrogens (tertiary/aromatic N) is 1. The number of benzene rings is 2. The third-order valence-corrected chi connectivity index (χ3v) is 5.19. The van der Waals surface area contributed by atoms with E-state index in [9.17, 15) is 14.4 Å². The third kappa shape index (κ3) is 3.37. The van der Waals surface area contributed by atoms with Gasteiger partial charge in [0.15, 0.2) is 5.78 Å². The van der Waals surface area contributed by atoms with E-state index in [2.05, 4.69) is 5.32 Å². The maximum atomic E-state index is 13.0. The first-order chi connectivity index (χ1) is 12.9. The summed E-state index contributed by atoms with van der Waals surface area (Å²) in [5, 5.41) is 2.74. The zero-order valence-electron chi connectivity index (χ0n) is 15.9. The van der Waals surface area contributed by atoms with Crippen LogP contribution in [0, 0.1) is 0 Å². The topological polar surface area (TPSA) is 66.5 Å². The number of rotatable bonds is 6. The number of Topliss-reactive ketones (excluding diaryl/α,β-unsaturated/α-hetero) is 1. The number of amides is 3. The Kier molecular flexibility index (Phi) is 5.13. The summed E-state index contributed by atoms with van der Waals surface area (Å²) >= 11 is 0. The summed E-state index contributed by atoms with van der Waals surface area (Å²) in [5.74, 6) is -0.625. The molecule has 1 fully saturated rings. The lowest BCUT2D eigenvalue weighted by Crippen LogP contribution is -2.41. The van der Waals surface area contributed by atoms with Gasteiger partial charge in [0.2, 0.25) is 0 Å². The molecule has 1 aliphatic heterocycles. The molecular formula is C22H24N2O3. The summed E-state index contributed by atoms with van der Waals surface area (Å²) in [6.07, 6.45) is 1.53. The van der Waals surface area contributed by atoms with E-state index >= 15 is 0 Å². The minimum absolute atomic E-state index is 0.219. The van der Waals surface area contributed by atoms with Gasteiger partial charge in [0.25, 0.3) is 5.91 Å². The SMILES string of the molecule is CCc1ccc(CC)c(C(=O)CN2C(=O)N[C@@](C)(c3ccccc3)C2=O)c1. The highest BCUT2D eigenvalue weighted by molar-refractivity contribution is 6.11. The van der Waals surface area contributed by atoms with Crippen LogP contribution in [0.2, 0.25) is 0 Å². The first-order valence-corrected chi connectivity index (χ1v) is 9.25. The van der Waals surface area contributed by atoms with Crippen LogP contribution in [0.4, 0.5) is 4.79 Å². The molecule has 1 heterocycles. The van der Waals surface area contributed by atoms with Crippen LogP contribution in [0.1, 0.15) is 47.8 Å². The minimum Gasteiger partial charge on any atom is -0.319 e. The van der Waals surface area contributed by atoms with Gasteiger partial charge in [-0.2, -0.15) is 0 Å². The summed E-state index contributed by atoms with van der Waals surface area (Å²) < 4.78 is 0. The highest BCUT2D eigenvalue weighted by Gasteiger charge is 2.49. The fraction of sp³-hybridized carbons (Fsp3) is 0.318. The number of carbonyl (C=O) groups excluding carboxylic acids is 3. The summed E-state index contributed by atoms with van der Waals surface area (Å²) in [6.45, 7) is 5.42. The average Bonchev–Trinajstić information content (AvgIpc) is 2.92. The van der Waals surface area contributed by atoms with Crippen molar-refractivity contribution < 1.29 is 14.4 Å². The van der Waals surface area contributed by atoms with E-state index < -0.39 is 17.5 Å². The predicted octanol–water partition coefficient (Wildman–Crippen LogP) is 3.46. The molecule has 1 N–H and O–H groups in total. The van der Waals surface area contributed by atoms with Crippen LogP contribution in [0.15, 0.2) is 48.5 Å². The Labute approximate surface area is 159 Å². The second kappa shape index (κ2) is 7.35. The van der Waals surface area contributed by atoms with E-state index in [4.69, 9.17) is 0 Å². The zero-order valence-corrected chi connectivity index (χ0v) is 15.9. The van der Waals surface area contributed by atoms with Crippen molar-refractivity contribution in [2.24, 2.45) is 0 Å². The molecule has 2 aromatic carbocycles. The molecule has 0 saturated carbocycles. The molecule has 0 radical (unpaired) electrons. The van der Waals surface area contributed by atoms with E-state index in [1.165, 1.54) is 0 Å². The summed E-state index contributed by atoms with van der Waals surface area (Å²) in [6, 6.07) is 14.4. The van der Waals surface area contributed by atoms with Crippen LogP contribution in [-0.2, 0) is 23.2 Å². The number of urea groups is 1. The van der Waals surface area contributed by atoms with Crippen LogP contribution in [0.5, 0.6) is 0 Å². The van der Waals surface area contributed by atoms with Gasteiger partial charge in [-0.15, -0.1) is 0 Å². The highest BCUT2D eigenvalue weighted by Crippen LogP contribution is 2.29. The predicted molar refractivity (Wildman–Crippen MR) is 104 cm³/mol. The maximum Gasteiger partial charge on any atom is 0.325 e. The third-order valence-electron chi connectivity index (χ3n) is 5.19. The first-order valence-electron chi connectivity index (χ1n) is 9.25. The van der Waals surface area contributed by atoms with E-state index in [1.807, 2.05) is 50.2 Å². The summed E-state index contributed by atoms with van der Waals surface area (Å²) in [4.78, 5) is 39.4. The van der Waals surface area contributed by atoms with Gasteiger partial charge in [0.1, 0.15) is 5.54 Å². The smallest absolute Gasteiger partial charge is 0.319 e. The monoisotopic (exact) mass is 364 g/mol. The Hall–Kier alpha value is -2.95. The molecule has 0 bridgehead atoms. The normalized spacial score (nSPS) is 19.3. The fourth-order valence-electron chi connectivity index (χ4n) is 3.45. The molecular weight excluding hydrogens is 340 g/mol. The molecule has 3 amide bonds. The Bertz CT molecular complexity index is 892. The van der Waals surface area contributed by atoms with E-state index in [0.717, 1.165) is 22.4 Å². The van der Waals surface area contributed by atoms with Gasteiger partial charge < -0.3 is 5.32 Å². The van der Waals surface area contributed by atoms with Crippen LogP contribution in [0.3, 0.4) is 0 Å². The largest absolute Gasteiger partial charge is 0.325 e. The molecule has 1 atom stereocenters. The fourth-order valence-corrected chi connectivity index (χ4v) is 3.45. The van der Waals surface area contributed by atoms with Crippen molar-refractivity contribution in [3.63, 3.8) is 0 Å². The second-order valence-electron chi connectivity index (χ2n) is 6.93. The summed E-state index contributed by atoms with van der Waals surface area (Å²) in [5.41, 5.74) is 2.11. The van der Waals surface area contributed by atoms with Crippen LogP contribution in [0.25, 0.3) is 0 Å². The van der Waals surface area contributed by atoms with Gasteiger partial charge in [-0.1, -0.05) is 56.3 Å². The Morgan fingerprint density at radius 3 is 2.37 bits per heavy atom. The minimum atomic E-state index is -1.16. The van der Waals surface area contributed by atoms with Crippen molar-refractivity contribution in [3.05, 3.63) is 70.8 Å². The molecule has 0 unspecified atom stereocenters. The maximum absolute atomic E-state index is 13.0. The van der Waals surface area contributed by atoms with Gasteiger partial charge in [0, 0.05) is 5.56 Å². The lowest BCUT2D eigenvalue weighted by Gasteiger charge is -2.22. The molecule has 140 valence electrons. The number of ketones is 1. The molecule has 1 saturated heterocycles. The number of aryl methyl sites for hydroxylation is 2. The molecule has 5 nitrogen and oxygen atoms in total. The molecule has 0 aromatic heterocycles. The average molecular weight is 364 g/mol. The Balaban J connectivity index is 1.87. The molecule has 3 rings (SSSR count). The van der Waals surface area contributed by atoms with Crippen molar-refractivity contribution in [2.75, 3.05) is 6.54 Å². The van der Waals surface area contributed by atoms with E-state index in [-0.39, 0.29) is 12.3 Å². The number of imide groups is 1. The van der Waals surface area contributed by atoms with Crippen LogP contribution < -0.4 is 5.32 Å². The molecule has 2 aromatic rings. The lowest BCUT2D eigenvalue weighted by atomic mass is 9.92. The number of hydrogen-bond acceptors (Lipinski definition) is 3. The standard InChI is InChI=1S/C22H24N2O3/c1-4-15-11-12-16(5-2)18(13-15)19(25)14-24-20(26)22(3,23-21(24)27)17-9-7-6-8-10-17/h6-13H,4-5,14H2,1-3H3,(H,23,27)/t22-/m0/s1. The second-order valence-corrected chi connectivity index (χ2v) is 6.93. The van der Waals surface area contributed by atoms with E-state index in [0.29, 0.717) is 17.5 Å². The van der Waals surface area contributed by atoms with Gasteiger partial charge in [-0.05, 0) is 42.5 Å². The summed E-state index contributed by atoms with van der Waals surface area (Å²) in [7, 11) is 0. The number of hydrogen-bond donors (Lipinski definition) is 1. The van der Waals surface area contributed by atoms with Gasteiger partial charge in [0.05, 0.1) is 6.54 Å². The Morgan fingerprint density at radius 2 is 1.74 bits per heavy atom.